The van der Waals surface area contributed by atoms with Gasteiger partial charge in [-0.2, -0.15) is 13.2 Å². The molecule has 1 heterocycles. The number of ether oxygens (including phenoxy) is 2. The molecular formula is C15H12Cl2F3N3O7. The number of rotatable bonds is 7. The number of aliphatic carboxylic acids is 1. The Bertz CT molecular complexity index is 908. The number of carbonyl (C=O) groups excluding carboxylic acids is 1. The number of carbonyl (C=O) groups is 2. The number of carboxylic acids is 1. The summed E-state index contributed by atoms with van der Waals surface area (Å²) in [6.45, 7) is -1.75. The minimum atomic E-state index is -4.98. The molecule has 10 nitrogen and oxygen atoms in total. The topological polar surface area (TPSA) is 124 Å². The van der Waals surface area contributed by atoms with Crippen molar-refractivity contribution in [3.8, 4) is 5.75 Å². The van der Waals surface area contributed by atoms with Crippen LogP contribution in [0, 0.1) is 5.21 Å². The van der Waals surface area contributed by atoms with Gasteiger partial charge in [0.2, 0.25) is 11.4 Å². The minimum Gasteiger partial charge on any atom is -0.569 e. The van der Waals surface area contributed by atoms with Crippen LogP contribution in [0.5, 0.6) is 5.75 Å². The van der Waals surface area contributed by atoms with Crippen LogP contribution < -0.4 is 4.74 Å². The van der Waals surface area contributed by atoms with Crippen molar-refractivity contribution in [3.05, 3.63) is 38.5 Å². The first-order chi connectivity index (χ1) is 13.9. The normalized spacial score (nSPS) is 16.1. The molecular weight excluding hydrogens is 462 g/mol. The number of esters is 1. The van der Waals surface area contributed by atoms with Crippen LogP contribution in [0.4, 0.5) is 13.2 Å². The van der Waals surface area contributed by atoms with E-state index in [1.807, 2.05) is 0 Å². The van der Waals surface area contributed by atoms with Crippen LogP contribution in [0.3, 0.4) is 0 Å². The van der Waals surface area contributed by atoms with Crippen LogP contribution in [0.15, 0.2) is 23.0 Å². The Hall–Kier alpha value is -2.93. The number of fused-ring (bicyclic) bond motifs is 1. The van der Waals surface area contributed by atoms with Crippen molar-refractivity contribution in [3.63, 3.8) is 0 Å². The van der Waals surface area contributed by atoms with Crippen molar-refractivity contribution in [2.45, 2.75) is 12.3 Å². The molecule has 0 fully saturated rings. The van der Waals surface area contributed by atoms with Crippen LogP contribution in [0.2, 0.25) is 10.0 Å². The smallest absolute Gasteiger partial charge is 0.430 e. The summed E-state index contributed by atoms with van der Waals surface area (Å²) < 4.78 is 49.4. The second kappa shape index (κ2) is 9.26. The summed E-state index contributed by atoms with van der Waals surface area (Å²) in [6.07, 6.45) is -6.80. The van der Waals surface area contributed by atoms with E-state index in [1.165, 1.54) is 12.1 Å². The zero-order valence-electron chi connectivity index (χ0n) is 14.9. The Labute approximate surface area is 176 Å². The standard InChI is InChI=1S/C15H12Cl2F3N3O7/c1-22(5-11(24)25)23(27)21-29-6-28-14(26)9-3-7-2-8(16)4-10(17)12(7)30-13(9)15(18,19)20/h2-4,13H,5-6H2,1H3,(H,24,25)/b23-21-/t13-/m0/s1. The van der Waals surface area contributed by atoms with E-state index in [-0.39, 0.29) is 26.3 Å². The molecule has 0 amide bonds. The number of benzene rings is 1. The third-order valence-corrected chi connectivity index (χ3v) is 3.92. The number of halogens is 5. The van der Waals surface area contributed by atoms with Crippen molar-refractivity contribution in [2.24, 2.45) is 5.28 Å². The summed E-state index contributed by atoms with van der Waals surface area (Å²) >= 11 is 11.7. The van der Waals surface area contributed by atoms with Crippen molar-refractivity contribution in [1.82, 2.24) is 5.01 Å². The van der Waals surface area contributed by atoms with Gasteiger partial charge in [-0.05, 0) is 18.2 Å². The molecule has 1 N–H and O–H groups in total. The van der Waals surface area contributed by atoms with E-state index in [1.54, 1.807) is 0 Å². The maximum atomic E-state index is 13.3. The first-order valence-electron chi connectivity index (χ1n) is 7.74. The summed E-state index contributed by atoms with van der Waals surface area (Å²) in [5.41, 5.74) is -0.898. The number of hydrazine groups is 1. The van der Waals surface area contributed by atoms with Crippen LogP contribution in [-0.4, -0.2) is 59.7 Å². The first kappa shape index (κ1) is 23.3. The Balaban J connectivity index is 2.13. The zero-order valence-corrected chi connectivity index (χ0v) is 16.4. The van der Waals surface area contributed by atoms with Crippen molar-refractivity contribution >= 4 is 41.2 Å². The molecule has 0 bridgehead atoms. The van der Waals surface area contributed by atoms with Crippen molar-refractivity contribution in [1.29, 1.82) is 0 Å². The lowest BCUT2D eigenvalue weighted by Gasteiger charge is -2.28. The highest BCUT2D eigenvalue weighted by molar-refractivity contribution is 6.36. The molecule has 1 aromatic rings. The van der Waals surface area contributed by atoms with Gasteiger partial charge in [-0.15, -0.1) is 5.01 Å². The number of hydrogen-bond acceptors (Lipinski definition) is 7. The summed E-state index contributed by atoms with van der Waals surface area (Å²) in [5.74, 6) is -3.11. The number of hydrogen-bond donors (Lipinski definition) is 1. The summed E-state index contributed by atoms with van der Waals surface area (Å²) in [5, 5.41) is 23.3. The largest absolute Gasteiger partial charge is 0.569 e. The maximum absolute atomic E-state index is 13.3. The molecule has 0 saturated carbocycles. The SMILES string of the molecule is CN(CC(=O)O)/[N+]([O-])=N/OCOC(=O)C1=Cc2cc(Cl)cc(Cl)c2O[C@@H]1C(F)(F)F. The average molecular weight is 474 g/mol. The van der Waals surface area contributed by atoms with E-state index in [4.69, 9.17) is 33.0 Å². The molecule has 30 heavy (non-hydrogen) atoms. The van der Waals surface area contributed by atoms with Gasteiger partial charge in [-0.25, -0.2) is 4.79 Å². The monoisotopic (exact) mass is 473 g/mol. The fourth-order valence-corrected chi connectivity index (χ4v) is 2.75. The van der Waals surface area contributed by atoms with Crippen molar-refractivity contribution in [2.75, 3.05) is 20.4 Å². The highest BCUT2D eigenvalue weighted by Crippen LogP contribution is 2.42. The molecule has 0 aromatic heterocycles. The van der Waals surface area contributed by atoms with Crippen LogP contribution >= 0.6 is 23.2 Å². The van der Waals surface area contributed by atoms with Gasteiger partial charge in [-0.3, -0.25) is 4.79 Å². The van der Waals surface area contributed by atoms with Gasteiger partial charge in [-0.1, -0.05) is 23.2 Å². The maximum Gasteiger partial charge on any atom is 0.430 e. The Kier molecular flexibility index (Phi) is 7.21. The molecule has 2 rings (SSSR count). The molecule has 0 unspecified atom stereocenters. The van der Waals surface area contributed by atoms with E-state index in [0.717, 1.165) is 13.1 Å². The zero-order chi connectivity index (χ0) is 22.6. The number of carboxylic acid groups (broad SMARTS) is 1. The number of likely N-dealkylation sites (N-methyl/N-ethyl adjacent to an activating group) is 1. The van der Waals surface area contributed by atoms with Gasteiger partial charge < -0.3 is 24.6 Å². The van der Waals surface area contributed by atoms with E-state index in [0.29, 0.717) is 5.01 Å². The molecule has 0 saturated heterocycles. The number of alkyl halides is 3. The van der Waals surface area contributed by atoms with E-state index in [2.05, 4.69) is 14.9 Å². The summed E-state index contributed by atoms with van der Waals surface area (Å²) in [4.78, 5) is 26.7. The van der Waals surface area contributed by atoms with Crippen LogP contribution in [-0.2, 0) is 19.2 Å². The predicted octanol–water partition coefficient (Wildman–Crippen LogP) is 3.03. The third kappa shape index (κ3) is 5.79. The predicted molar refractivity (Wildman–Crippen MR) is 93.3 cm³/mol. The summed E-state index contributed by atoms with van der Waals surface area (Å²) in [7, 11) is 1.08. The van der Waals surface area contributed by atoms with Crippen LogP contribution in [0.1, 0.15) is 5.56 Å². The van der Waals surface area contributed by atoms with Gasteiger partial charge >= 0.3 is 18.1 Å². The van der Waals surface area contributed by atoms with E-state index < -0.39 is 43.1 Å². The van der Waals surface area contributed by atoms with Crippen LogP contribution in [0.25, 0.3) is 6.08 Å². The molecule has 15 heteroatoms. The fourth-order valence-electron chi connectivity index (χ4n) is 2.20. The summed E-state index contributed by atoms with van der Waals surface area (Å²) in [6, 6.07) is 2.42. The quantitative estimate of drug-likeness (QED) is 0.160. The second-order valence-corrected chi connectivity index (χ2v) is 6.51. The van der Waals surface area contributed by atoms with E-state index >= 15 is 0 Å². The molecule has 0 radical (unpaired) electrons. The molecule has 0 spiro atoms. The van der Waals surface area contributed by atoms with Gasteiger partial charge in [0.15, 0.2) is 6.54 Å². The molecule has 1 aliphatic rings. The Morgan fingerprint density at radius 3 is 2.67 bits per heavy atom. The van der Waals surface area contributed by atoms with Gasteiger partial charge in [0.05, 0.1) is 22.6 Å². The molecule has 0 aliphatic carbocycles. The molecule has 1 atom stereocenters. The first-order valence-corrected chi connectivity index (χ1v) is 8.50. The van der Waals surface area contributed by atoms with Gasteiger partial charge in [0.25, 0.3) is 6.79 Å². The second-order valence-electron chi connectivity index (χ2n) is 5.67. The minimum absolute atomic E-state index is 0.0200. The Morgan fingerprint density at radius 1 is 1.40 bits per heavy atom. The third-order valence-electron chi connectivity index (χ3n) is 3.43. The lowest BCUT2D eigenvalue weighted by molar-refractivity contribution is -0.704. The van der Waals surface area contributed by atoms with Gasteiger partial charge in [0.1, 0.15) is 5.75 Å². The highest BCUT2D eigenvalue weighted by Gasteiger charge is 2.49. The lowest BCUT2D eigenvalue weighted by atomic mass is 10.0. The fraction of sp³-hybridized carbons (Fsp3) is 0.333. The molecule has 1 aliphatic heterocycles. The van der Waals surface area contributed by atoms with Crippen molar-refractivity contribution < 1.29 is 47.1 Å². The lowest BCUT2D eigenvalue weighted by Crippen LogP contribution is -2.41. The molecule has 164 valence electrons. The number of nitrogens with zero attached hydrogens (tertiary/aromatic N) is 3. The Morgan fingerprint density at radius 2 is 2.07 bits per heavy atom. The average Bonchev–Trinajstić information content (AvgIpc) is 2.62. The highest BCUT2D eigenvalue weighted by atomic mass is 35.5. The van der Waals surface area contributed by atoms with E-state index in [9.17, 15) is 28.0 Å². The molecule has 1 aromatic carbocycles. The van der Waals surface area contributed by atoms with Gasteiger partial charge in [0, 0.05) is 10.6 Å².